The number of nitrogens with one attached hydrogen (secondary N) is 2. The quantitative estimate of drug-likeness (QED) is 0.795. The minimum Gasteiger partial charge on any atom is -0.346 e. The van der Waals surface area contributed by atoms with E-state index in [1.807, 2.05) is 4.90 Å². The van der Waals surface area contributed by atoms with Gasteiger partial charge in [0.25, 0.3) is 0 Å². The van der Waals surface area contributed by atoms with Gasteiger partial charge in [0.15, 0.2) is 17.5 Å². The highest BCUT2D eigenvalue weighted by Crippen LogP contribution is 2.20. The number of halogens is 3. The SMILES string of the molecule is CC1CCN(C(C)C(=O)NCC(=O)Nc2ccc(F)c(F)c2F)CC1. The zero-order valence-corrected chi connectivity index (χ0v) is 14.2. The van der Waals surface area contributed by atoms with E-state index >= 15 is 0 Å². The fraction of sp³-hybridized carbons (Fsp3) is 0.529. The van der Waals surface area contributed by atoms with Crippen molar-refractivity contribution in [2.24, 2.45) is 5.92 Å². The van der Waals surface area contributed by atoms with Gasteiger partial charge in [-0.05, 0) is 50.9 Å². The van der Waals surface area contributed by atoms with Crippen molar-refractivity contribution in [3.8, 4) is 0 Å². The summed E-state index contributed by atoms with van der Waals surface area (Å²) >= 11 is 0. The number of rotatable bonds is 5. The van der Waals surface area contributed by atoms with Gasteiger partial charge in [-0.15, -0.1) is 0 Å². The van der Waals surface area contributed by atoms with Crippen LogP contribution in [0.1, 0.15) is 26.7 Å². The van der Waals surface area contributed by atoms with Gasteiger partial charge in [-0.25, -0.2) is 13.2 Å². The zero-order chi connectivity index (χ0) is 18.6. The second kappa shape index (κ2) is 8.33. The van der Waals surface area contributed by atoms with E-state index in [0.29, 0.717) is 12.0 Å². The van der Waals surface area contributed by atoms with Gasteiger partial charge < -0.3 is 10.6 Å². The second-order valence-corrected chi connectivity index (χ2v) is 6.38. The van der Waals surface area contributed by atoms with Crippen LogP contribution < -0.4 is 10.6 Å². The van der Waals surface area contributed by atoms with Crippen LogP contribution in [0.5, 0.6) is 0 Å². The maximum absolute atomic E-state index is 13.5. The van der Waals surface area contributed by atoms with Crippen LogP contribution in [-0.4, -0.2) is 42.4 Å². The van der Waals surface area contributed by atoms with Gasteiger partial charge in [0.2, 0.25) is 11.8 Å². The Labute approximate surface area is 144 Å². The lowest BCUT2D eigenvalue weighted by atomic mass is 9.98. The Morgan fingerprint density at radius 2 is 1.84 bits per heavy atom. The first-order valence-electron chi connectivity index (χ1n) is 8.24. The molecule has 1 aromatic rings. The summed E-state index contributed by atoms with van der Waals surface area (Å²) in [7, 11) is 0. The van der Waals surface area contributed by atoms with E-state index in [-0.39, 0.29) is 18.5 Å². The highest BCUT2D eigenvalue weighted by atomic mass is 19.2. The van der Waals surface area contributed by atoms with E-state index in [2.05, 4.69) is 17.6 Å². The molecule has 1 atom stereocenters. The monoisotopic (exact) mass is 357 g/mol. The van der Waals surface area contributed by atoms with Crippen molar-refractivity contribution in [2.45, 2.75) is 32.7 Å². The van der Waals surface area contributed by atoms with Gasteiger partial charge >= 0.3 is 0 Å². The average molecular weight is 357 g/mol. The number of carbonyl (C=O) groups is 2. The summed E-state index contributed by atoms with van der Waals surface area (Å²) in [6, 6.07) is 1.26. The molecule has 1 aromatic carbocycles. The molecule has 1 unspecified atom stereocenters. The van der Waals surface area contributed by atoms with Crippen molar-refractivity contribution >= 4 is 17.5 Å². The number of piperidine rings is 1. The first-order chi connectivity index (χ1) is 11.8. The summed E-state index contributed by atoms with van der Waals surface area (Å²) in [6.45, 7) is 5.19. The van der Waals surface area contributed by atoms with E-state index in [4.69, 9.17) is 0 Å². The van der Waals surface area contributed by atoms with Gasteiger partial charge in [-0.3, -0.25) is 14.5 Å². The first kappa shape index (κ1) is 19.2. The number of hydrogen-bond acceptors (Lipinski definition) is 3. The van der Waals surface area contributed by atoms with Crippen LogP contribution in [0.4, 0.5) is 18.9 Å². The molecule has 1 heterocycles. The third-order valence-corrected chi connectivity index (χ3v) is 4.48. The number of carbonyl (C=O) groups excluding carboxylic acids is 2. The molecule has 2 amide bonds. The topological polar surface area (TPSA) is 61.4 Å². The van der Waals surface area contributed by atoms with Gasteiger partial charge in [0, 0.05) is 0 Å². The summed E-state index contributed by atoms with van der Waals surface area (Å²) < 4.78 is 39.5. The summed E-state index contributed by atoms with van der Waals surface area (Å²) in [5.41, 5.74) is -0.476. The van der Waals surface area contributed by atoms with Crippen LogP contribution in [-0.2, 0) is 9.59 Å². The Hall–Kier alpha value is -2.09. The molecule has 0 radical (unpaired) electrons. The minimum absolute atomic E-state index is 0.310. The van der Waals surface area contributed by atoms with Crippen molar-refractivity contribution in [2.75, 3.05) is 25.0 Å². The molecular weight excluding hydrogens is 335 g/mol. The van der Waals surface area contributed by atoms with Crippen LogP contribution >= 0.6 is 0 Å². The number of anilines is 1. The Morgan fingerprint density at radius 3 is 2.48 bits per heavy atom. The number of nitrogens with zero attached hydrogens (tertiary/aromatic N) is 1. The van der Waals surface area contributed by atoms with E-state index in [1.54, 1.807) is 6.92 Å². The van der Waals surface area contributed by atoms with Crippen LogP contribution in [0.25, 0.3) is 0 Å². The predicted octanol–water partition coefficient (Wildman–Crippen LogP) is 2.28. The van der Waals surface area contributed by atoms with Crippen LogP contribution in [0.2, 0.25) is 0 Å². The Bertz CT molecular complexity index is 646. The molecule has 0 bridgehead atoms. The van der Waals surface area contributed by atoms with Gasteiger partial charge in [0.05, 0.1) is 18.3 Å². The smallest absolute Gasteiger partial charge is 0.243 e. The van der Waals surface area contributed by atoms with E-state index in [9.17, 15) is 22.8 Å². The molecule has 1 aliphatic heterocycles. The molecule has 0 saturated carbocycles. The molecule has 2 N–H and O–H groups in total. The van der Waals surface area contributed by atoms with Crippen molar-refractivity contribution < 1.29 is 22.8 Å². The van der Waals surface area contributed by atoms with Crippen LogP contribution in [0.3, 0.4) is 0 Å². The van der Waals surface area contributed by atoms with Crippen molar-refractivity contribution in [3.63, 3.8) is 0 Å². The van der Waals surface area contributed by atoms with E-state index in [1.165, 1.54) is 0 Å². The minimum atomic E-state index is -1.66. The van der Waals surface area contributed by atoms with Crippen molar-refractivity contribution in [1.82, 2.24) is 10.2 Å². The second-order valence-electron chi connectivity index (χ2n) is 6.38. The number of hydrogen-bond donors (Lipinski definition) is 2. The summed E-state index contributed by atoms with van der Waals surface area (Å²) in [4.78, 5) is 26.0. The molecule has 0 spiro atoms. The molecule has 1 saturated heterocycles. The van der Waals surface area contributed by atoms with E-state index in [0.717, 1.165) is 32.0 Å². The number of likely N-dealkylation sites (tertiary alicyclic amines) is 1. The molecule has 1 aliphatic rings. The summed E-state index contributed by atoms with van der Waals surface area (Å²) in [5.74, 6) is -4.87. The highest BCUT2D eigenvalue weighted by molar-refractivity contribution is 5.95. The third kappa shape index (κ3) is 4.94. The molecular formula is C17H22F3N3O2. The van der Waals surface area contributed by atoms with Gasteiger partial charge in [-0.1, -0.05) is 6.92 Å². The molecule has 0 aliphatic carbocycles. The Kier molecular flexibility index (Phi) is 6.41. The maximum Gasteiger partial charge on any atom is 0.243 e. The molecule has 138 valence electrons. The summed E-state index contributed by atoms with van der Waals surface area (Å²) in [5, 5.41) is 4.58. The zero-order valence-electron chi connectivity index (χ0n) is 14.2. The Balaban J connectivity index is 1.83. The summed E-state index contributed by atoms with van der Waals surface area (Å²) in [6.07, 6.45) is 2.04. The third-order valence-electron chi connectivity index (χ3n) is 4.48. The number of amides is 2. The lowest BCUT2D eigenvalue weighted by Crippen LogP contribution is -2.49. The highest BCUT2D eigenvalue weighted by Gasteiger charge is 2.25. The fourth-order valence-electron chi connectivity index (χ4n) is 2.71. The van der Waals surface area contributed by atoms with Gasteiger partial charge in [-0.2, -0.15) is 0 Å². The van der Waals surface area contributed by atoms with Crippen molar-refractivity contribution in [1.29, 1.82) is 0 Å². The maximum atomic E-state index is 13.5. The molecule has 0 aromatic heterocycles. The lowest BCUT2D eigenvalue weighted by Gasteiger charge is -2.34. The standard InChI is InChI=1S/C17H22F3N3O2/c1-10-5-7-23(8-6-10)11(2)17(25)21-9-14(24)22-13-4-3-12(18)15(19)16(13)20/h3-4,10-11H,5-9H2,1-2H3,(H,21,25)(H,22,24). The van der Waals surface area contributed by atoms with Crippen LogP contribution in [0.15, 0.2) is 12.1 Å². The average Bonchev–Trinajstić information content (AvgIpc) is 2.60. The lowest BCUT2D eigenvalue weighted by molar-refractivity contribution is -0.128. The molecule has 25 heavy (non-hydrogen) atoms. The fourth-order valence-corrected chi connectivity index (χ4v) is 2.71. The first-order valence-corrected chi connectivity index (χ1v) is 8.24. The predicted molar refractivity (Wildman–Crippen MR) is 87.4 cm³/mol. The molecule has 5 nitrogen and oxygen atoms in total. The molecule has 1 fully saturated rings. The van der Waals surface area contributed by atoms with Gasteiger partial charge in [0.1, 0.15) is 0 Å². The van der Waals surface area contributed by atoms with Crippen molar-refractivity contribution in [3.05, 3.63) is 29.6 Å². The van der Waals surface area contributed by atoms with Crippen LogP contribution in [0, 0.1) is 23.4 Å². The largest absolute Gasteiger partial charge is 0.346 e. The normalized spacial score (nSPS) is 17.2. The molecule has 2 rings (SSSR count). The Morgan fingerprint density at radius 1 is 1.20 bits per heavy atom. The number of benzene rings is 1. The van der Waals surface area contributed by atoms with E-state index < -0.39 is 29.0 Å². The molecule has 8 heteroatoms.